The third-order valence-corrected chi connectivity index (χ3v) is 6.19. The molecular weight excluding hydrogens is 342 g/mol. The van der Waals surface area contributed by atoms with Crippen LogP contribution in [-0.4, -0.2) is 47.3 Å². The maximum Gasteiger partial charge on any atom is 0.325 e. The molecule has 0 spiro atoms. The molecule has 1 aliphatic carbocycles. The van der Waals surface area contributed by atoms with Gasteiger partial charge in [-0.3, -0.25) is 14.5 Å². The molecule has 1 saturated heterocycles. The van der Waals surface area contributed by atoms with Gasteiger partial charge in [-0.15, -0.1) is 0 Å². The summed E-state index contributed by atoms with van der Waals surface area (Å²) in [6.07, 6.45) is 4.61. The normalized spacial score (nSPS) is 28.2. The fourth-order valence-corrected chi connectivity index (χ4v) is 4.21. The van der Waals surface area contributed by atoms with Gasteiger partial charge in [0, 0.05) is 13.1 Å². The number of carbonyl (C=O) groups is 3. The van der Waals surface area contributed by atoms with Crippen molar-refractivity contribution in [2.45, 2.75) is 57.5 Å². The average molecular weight is 371 g/mol. The smallest absolute Gasteiger partial charge is 0.325 e. The van der Waals surface area contributed by atoms with Crippen LogP contribution in [0.5, 0.6) is 0 Å². The number of amides is 4. The van der Waals surface area contributed by atoms with Gasteiger partial charge in [0.1, 0.15) is 12.1 Å². The van der Waals surface area contributed by atoms with Crippen LogP contribution in [0.4, 0.5) is 4.79 Å². The van der Waals surface area contributed by atoms with Gasteiger partial charge >= 0.3 is 6.03 Å². The van der Waals surface area contributed by atoms with Gasteiger partial charge in [-0.1, -0.05) is 44.2 Å². The molecule has 0 aromatic heterocycles. The van der Waals surface area contributed by atoms with Crippen LogP contribution in [0.1, 0.15) is 51.5 Å². The van der Waals surface area contributed by atoms with Crippen molar-refractivity contribution in [3.05, 3.63) is 35.9 Å². The lowest BCUT2D eigenvalue weighted by Crippen LogP contribution is -2.47. The predicted octanol–water partition coefficient (Wildman–Crippen LogP) is 2.88. The molecular formula is C21H29N3O3. The molecule has 6 heteroatoms. The van der Waals surface area contributed by atoms with E-state index in [1.165, 1.54) is 0 Å². The Labute approximate surface area is 160 Å². The fourth-order valence-electron chi connectivity index (χ4n) is 4.21. The zero-order chi connectivity index (χ0) is 19.6. The highest BCUT2D eigenvalue weighted by Gasteiger charge is 2.51. The van der Waals surface area contributed by atoms with Crippen molar-refractivity contribution in [1.29, 1.82) is 0 Å². The first-order valence-corrected chi connectivity index (χ1v) is 9.84. The van der Waals surface area contributed by atoms with Gasteiger partial charge in [0.05, 0.1) is 0 Å². The topological polar surface area (TPSA) is 69.7 Å². The number of likely N-dealkylation sites (N-methyl/N-ethyl adjacent to an activating group) is 1. The number of hydrogen-bond acceptors (Lipinski definition) is 3. The maximum atomic E-state index is 13.1. The number of hydrogen-bond donors (Lipinski definition) is 1. The van der Waals surface area contributed by atoms with Crippen molar-refractivity contribution in [2.24, 2.45) is 5.92 Å². The first-order chi connectivity index (χ1) is 12.9. The zero-order valence-electron chi connectivity index (χ0n) is 16.4. The lowest BCUT2D eigenvalue weighted by atomic mass is 9.86. The fraction of sp³-hybridized carbons (Fsp3) is 0.571. The summed E-state index contributed by atoms with van der Waals surface area (Å²) in [6.45, 7) is 3.90. The second kappa shape index (κ2) is 7.71. The van der Waals surface area contributed by atoms with Crippen molar-refractivity contribution in [2.75, 3.05) is 13.6 Å². The second-order valence-corrected chi connectivity index (χ2v) is 7.86. The Morgan fingerprint density at radius 2 is 1.81 bits per heavy atom. The van der Waals surface area contributed by atoms with Crippen LogP contribution in [-0.2, 0) is 15.1 Å². The highest BCUT2D eigenvalue weighted by molar-refractivity contribution is 6.09. The lowest BCUT2D eigenvalue weighted by molar-refractivity contribution is -0.140. The molecule has 0 radical (unpaired) electrons. The van der Waals surface area contributed by atoms with E-state index in [0.717, 1.165) is 36.1 Å². The van der Waals surface area contributed by atoms with Gasteiger partial charge in [0.25, 0.3) is 5.91 Å². The van der Waals surface area contributed by atoms with Crippen LogP contribution in [0.2, 0.25) is 0 Å². The summed E-state index contributed by atoms with van der Waals surface area (Å²) in [5.74, 6) is 0.171. The van der Waals surface area contributed by atoms with Crippen LogP contribution < -0.4 is 5.32 Å². The molecule has 146 valence electrons. The zero-order valence-corrected chi connectivity index (χ0v) is 16.4. The molecule has 4 amide bonds. The summed E-state index contributed by atoms with van der Waals surface area (Å²) in [4.78, 5) is 41.2. The van der Waals surface area contributed by atoms with E-state index >= 15 is 0 Å². The van der Waals surface area contributed by atoms with Gasteiger partial charge in [-0.05, 0) is 43.6 Å². The van der Waals surface area contributed by atoms with Crippen LogP contribution in [0.3, 0.4) is 0 Å². The molecule has 1 aliphatic heterocycles. The number of nitrogens with zero attached hydrogens (tertiary/aromatic N) is 2. The Morgan fingerprint density at radius 3 is 2.41 bits per heavy atom. The van der Waals surface area contributed by atoms with Crippen molar-refractivity contribution in [3.63, 3.8) is 0 Å². The van der Waals surface area contributed by atoms with Crippen LogP contribution in [0, 0.1) is 5.92 Å². The molecule has 27 heavy (non-hydrogen) atoms. The largest absolute Gasteiger partial charge is 0.341 e. The Balaban J connectivity index is 1.73. The molecule has 1 aromatic carbocycles. The average Bonchev–Trinajstić information content (AvgIpc) is 2.93. The monoisotopic (exact) mass is 371 g/mol. The molecule has 1 atom stereocenters. The molecule has 0 bridgehead atoms. The van der Waals surface area contributed by atoms with E-state index in [1.54, 1.807) is 11.9 Å². The molecule has 6 nitrogen and oxygen atoms in total. The molecule has 0 unspecified atom stereocenters. The summed E-state index contributed by atoms with van der Waals surface area (Å²) >= 11 is 0. The van der Waals surface area contributed by atoms with E-state index in [4.69, 9.17) is 0 Å². The SMILES string of the molecule is CC[C@@]1(c2ccccc2)NC(=O)N(CC(=O)N(C)C2CCC(C)CC2)C1=O. The first-order valence-electron chi connectivity index (χ1n) is 9.84. The Morgan fingerprint density at radius 1 is 1.19 bits per heavy atom. The Bertz CT molecular complexity index is 713. The van der Waals surface area contributed by atoms with E-state index in [-0.39, 0.29) is 24.4 Å². The molecule has 1 aromatic rings. The van der Waals surface area contributed by atoms with Crippen LogP contribution in [0.15, 0.2) is 30.3 Å². The quantitative estimate of drug-likeness (QED) is 0.809. The first kappa shape index (κ1) is 19.4. The lowest BCUT2D eigenvalue weighted by Gasteiger charge is -2.34. The predicted molar refractivity (Wildman–Crippen MR) is 103 cm³/mol. The number of nitrogens with one attached hydrogen (secondary N) is 1. The summed E-state index contributed by atoms with van der Waals surface area (Å²) in [5, 5.41) is 2.83. The van der Waals surface area contributed by atoms with Gasteiger partial charge in [-0.2, -0.15) is 0 Å². The van der Waals surface area contributed by atoms with Crippen LogP contribution in [0.25, 0.3) is 0 Å². The maximum absolute atomic E-state index is 13.1. The minimum absolute atomic E-state index is 0.182. The minimum atomic E-state index is -1.09. The summed E-state index contributed by atoms with van der Waals surface area (Å²) in [5.41, 5.74) is -0.340. The summed E-state index contributed by atoms with van der Waals surface area (Å²) in [6, 6.07) is 8.93. The minimum Gasteiger partial charge on any atom is -0.341 e. The third kappa shape index (κ3) is 3.57. The van der Waals surface area contributed by atoms with E-state index in [0.29, 0.717) is 12.3 Å². The van der Waals surface area contributed by atoms with Crippen molar-refractivity contribution < 1.29 is 14.4 Å². The molecule has 2 fully saturated rings. The van der Waals surface area contributed by atoms with E-state index in [2.05, 4.69) is 12.2 Å². The van der Waals surface area contributed by atoms with Gasteiger partial charge < -0.3 is 10.2 Å². The molecule has 2 aliphatic rings. The highest BCUT2D eigenvalue weighted by Crippen LogP contribution is 2.32. The molecule has 1 saturated carbocycles. The number of imide groups is 1. The molecule has 1 N–H and O–H groups in total. The van der Waals surface area contributed by atoms with E-state index in [9.17, 15) is 14.4 Å². The number of benzene rings is 1. The molecule has 1 heterocycles. The third-order valence-electron chi connectivity index (χ3n) is 6.19. The van der Waals surface area contributed by atoms with Gasteiger partial charge in [0.15, 0.2) is 0 Å². The van der Waals surface area contributed by atoms with Crippen molar-refractivity contribution in [1.82, 2.24) is 15.1 Å². The summed E-state index contributed by atoms with van der Waals surface area (Å²) < 4.78 is 0. The van der Waals surface area contributed by atoms with Crippen molar-refractivity contribution >= 4 is 17.8 Å². The summed E-state index contributed by atoms with van der Waals surface area (Å²) in [7, 11) is 1.78. The Kier molecular flexibility index (Phi) is 5.53. The highest BCUT2D eigenvalue weighted by atomic mass is 16.2. The van der Waals surface area contributed by atoms with E-state index < -0.39 is 11.6 Å². The van der Waals surface area contributed by atoms with Crippen LogP contribution >= 0.6 is 0 Å². The van der Waals surface area contributed by atoms with Crippen molar-refractivity contribution in [3.8, 4) is 0 Å². The second-order valence-electron chi connectivity index (χ2n) is 7.86. The molecule has 3 rings (SSSR count). The van der Waals surface area contributed by atoms with E-state index in [1.807, 2.05) is 37.3 Å². The van der Waals surface area contributed by atoms with Gasteiger partial charge in [0.2, 0.25) is 5.91 Å². The standard InChI is InChI=1S/C21H29N3O3/c1-4-21(16-8-6-5-7-9-16)19(26)24(20(27)22-21)14-18(25)23(3)17-12-10-15(2)11-13-17/h5-9,15,17H,4,10-14H2,1-3H3,(H,22,27)/t15?,17?,21-/m0/s1. The Hall–Kier alpha value is -2.37. The number of rotatable bonds is 5. The van der Waals surface area contributed by atoms with Gasteiger partial charge in [-0.25, -0.2) is 4.79 Å². The number of carbonyl (C=O) groups excluding carboxylic acids is 3. The number of urea groups is 1.